The topological polar surface area (TPSA) is 27.0 Å². The summed E-state index contributed by atoms with van der Waals surface area (Å²) in [5.41, 5.74) is 0. The van der Waals surface area contributed by atoms with Crippen LogP contribution >= 0.6 is 15.9 Å². The highest BCUT2D eigenvalue weighted by atomic mass is 79.9. The Bertz CT molecular complexity index is 224. The van der Waals surface area contributed by atoms with Crippen LogP contribution in [0.2, 0.25) is 0 Å². The molecule has 0 radical (unpaired) electrons. The second-order valence-electron chi connectivity index (χ2n) is 3.39. The van der Waals surface area contributed by atoms with Crippen LogP contribution in [0.15, 0.2) is 0 Å². The van der Waals surface area contributed by atoms with E-state index < -0.39 is 11.0 Å². The smallest absolute Gasteiger partial charge is 0.301 e. The first kappa shape index (κ1) is 14.7. The van der Waals surface area contributed by atoms with Crippen LogP contribution in [0, 0.1) is 17.2 Å². The predicted molar refractivity (Wildman–Crippen MR) is 55.7 cm³/mol. The molecule has 2 unspecified atom stereocenters. The summed E-state index contributed by atoms with van der Waals surface area (Å²) in [6.45, 7) is 4.22. The minimum atomic E-state index is -4.23. The highest BCUT2D eigenvalue weighted by Gasteiger charge is 2.38. The Morgan fingerprint density at radius 1 is 1.40 bits per heavy atom. The molecule has 0 amide bonds. The first-order chi connectivity index (χ1) is 6.81. The van der Waals surface area contributed by atoms with E-state index in [-0.39, 0.29) is 12.5 Å². The lowest BCUT2D eigenvalue weighted by atomic mass is 10.2. The predicted octanol–water partition coefficient (Wildman–Crippen LogP) is 2.79. The summed E-state index contributed by atoms with van der Waals surface area (Å²) >= 11 is 2.60. The van der Waals surface area contributed by atoms with Crippen molar-refractivity contribution in [2.45, 2.75) is 24.9 Å². The second kappa shape index (κ2) is 6.33. The fourth-order valence-corrected chi connectivity index (χ4v) is 1.50. The number of alkyl halides is 4. The second-order valence-corrected chi connectivity index (χ2v) is 4.50. The molecule has 88 valence electrons. The summed E-state index contributed by atoms with van der Waals surface area (Å²) in [6, 6.07) is 2.00. The van der Waals surface area contributed by atoms with E-state index in [1.54, 1.807) is 18.7 Å². The van der Waals surface area contributed by atoms with Crippen LogP contribution < -0.4 is 0 Å². The molecule has 0 aliphatic rings. The average Bonchev–Trinajstić information content (AvgIpc) is 2.14. The number of hydrogen-bond donors (Lipinski definition) is 0. The number of halogens is 4. The lowest BCUT2D eigenvalue weighted by Gasteiger charge is -2.25. The molecule has 15 heavy (non-hydrogen) atoms. The molecule has 0 saturated carbocycles. The molecule has 0 fully saturated rings. The van der Waals surface area contributed by atoms with Gasteiger partial charge in [0.2, 0.25) is 0 Å². The summed E-state index contributed by atoms with van der Waals surface area (Å²) in [6.07, 6.45) is -4.23. The molecule has 0 spiro atoms. The largest absolute Gasteiger partial charge is 0.402 e. The van der Waals surface area contributed by atoms with Gasteiger partial charge in [0, 0.05) is 13.1 Å². The molecule has 6 heteroatoms. The molecule has 0 aromatic rings. The van der Waals surface area contributed by atoms with E-state index in [1.807, 2.05) is 6.07 Å². The first-order valence-corrected chi connectivity index (χ1v) is 5.55. The highest BCUT2D eigenvalue weighted by molar-refractivity contribution is 9.09. The Morgan fingerprint density at radius 2 is 1.93 bits per heavy atom. The molecule has 0 aliphatic heterocycles. The van der Waals surface area contributed by atoms with Gasteiger partial charge < -0.3 is 4.90 Å². The van der Waals surface area contributed by atoms with Crippen molar-refractivity contribution < 1.29 is 13.2 Å². The van der Waals surface area contributed by atoms with Crippen molar-refractivity contribution >= 4 is 15.9 Å². The van der Waals surface area contributed by atoms with Gasteiger partial charge in [-0.05, 0) is 13.5 Å². The van der Waals surface area contributed by atoms with Gasteiger partial charge in [-0.1, -0.05) is 22.9 Å². The maximum absolute atomic E-state index is 12.2. The van der Waals surface area contributed by atoms with E-state index in [4.69, 9.17) is 5.26 Å². The number of nitriles is 1. The number of hydrogen-bond acceptors (Lipinski definition) is 2. The SMILES string of the molecule is CCN(CC(C)C#N)CC(Br)C(F)(F)F. The van der Waals surface area contributed by atoms with Crippen molar-refractivity contribution in [3.8, 4) is 6.07 Å². The zero-order valence-corrected chi connectivity index (χ0v) is 10.3. The summed E-state index contributed by atoms with van der Waals surface area (Å²) < 4.78 is 36.7. The van der Waals surface area contributed by atoms with Crippen molar-refractivity contribution in [1.29, 1.82) is 5.26 Å². The quantitative estimate of drug-likeness (QED) is 0.727. The van der Waals surface area contributed by atoms with Gasteiger partial charge in [0.25, 0.3) is 0 Å². The Labute approximate surface area is 96.2 Å². The molecule has 0 rings (SSSR count). The fourth-order valence-electron chi connectivity index (χ4n) is 1.09. The van der Waals surface area contributed by atoms with Crippen LogP contribution in [-0.2, 0) is 0 Å². The molecule has 0 heterocycles. The van der Waals surface area contributed by atoms with Gasteiger partial charge in [-0.15, -0.1) is 0 Å². The fraction of sp³-hybridized carbons (Fsp3) is 0.889. The maximum Gasteiger partial charge on any atom is 0.402 e. The van der Waals surface area contributed by atoms with Crippen LogP contribution in [0.5, 0.6) is 0 Å². The van der Waals surface area contributed by atoms with E-state index in [2.05, 4.69) is 15.9 Å². The van der Waals surface area contributed by atoms with Crippen LogP contribution in [-0.4, -0.2) is 35.5 Å². The normalized spacial score (nSPS) is 16.1. The van der Waals surface area contributed by atoms with Crippen LogP contribution in [0.4, 0.5) is 13.2 Å². The molecule has 0 aliphatic carbocycles. The van der Waals surface area contributed by atoms with E-state index in [1.165, 1.54) is 0 Å². The Hall–Kier alpha value is -0.280. The lowest BCUT2D eigenvalue weighted by Crippen LogP contribution is -2.39. The standard InChI is InChI=1S/C9H14BrF3N2/c1-3-15(5-7(2)4-14)6-8(10)9(11,12)13/h7-8H,3,5-6H2,1-2H3. The molecule has 0 aromatic heterocycles. The molecule has 0 aromatic carbocycles. The van der Waals surface area contributed by atoms with Gasteiger partial charge in [-0.25, -0.2) is 0 Å². The van der Waals surface area contributed by atoms with E-state index >= 15 is 0 Å². The third-order valence-electron chi connectivity index (χ3n) is 1.97. The summed E-state index contributed by atoms with van der Waals surface area (Å²) in [4.78, 5) is 0.0803. The summed E-state index contributed by atoms with van der Waals surface area (Å²) in [5, 5.41) is 8.56. The Balaban J connectivity index is 4.17. The van der Waals surface area contributed by atoms with E-state index in [9.17, 15) is 13.2 Å². The third-order valence-corrected chi connectivity index (χ3v) is 2.78. The number of rotatable bonds is 5. The monoisotopic (exact) mass is 286 g/mol. The summed E-state index contributed by atoms with van der Waals surface area (Å²) in [5.74, 6) is -0.252. The molecule has 0 saturated heterocycles. The lowest BCUT2D eigenvalue weighted by molar-refractivity contribution is -0.130. The third kappa shape index (κ3) is 6.00. The van der Waals surface area contributed by atoms with Gasteiger partial charge in [0.15, 0.2) is 0 Å². The van der Waals surface area contributed by atoms with Crippen molar-refractivity contribution in [1.82, 2.24) is 4.90 Å². The Kier molecular flexibility index (Phi) is 6.22. The molecular weight excluding hydrogens is 273 g/mol. The van der Waals surface area contributed by atoms with Crippen LogP contribution in [0.3, 0.4) is 0 Å². The van der Waals surface area contributed by atoms with Gasteiger partial charge in [0.1, 0.15) is 4.83 Å². The molecule has 0 N–H and O–H groups in total. The van der Waals surface area contributed by atoms with Crippen LogP contribution in [0.1, 0.15) is 13.8 Å². The minimum Gasteiger partial charge on any atom is -0.301 e. The molecule has 2 atom stereocenters. The number of nitrogens with zero attached hydrogens (tertiary/aromatic N) is 2. The van der Waals surface area contributed by atoms with Gasteiger partial charge in [-0.3, -0.25) is 0 Å². The zero-order chi connectivity index (χ0) is 12.1. The van der Waals surface area contributed by atoms with Crippen molar-refractivity contribution in [3.05, 3.63) is 0 Å². The van der Waals surface area contributed by atoms with Gasteiger partial charge in [-0.2, -0.15) is 18.4 Å². The van der Waals surface area contributed by atoms with E-state index in [0.29, 0.717) is 13.1 Å². The van der Waals surface area contributed by atoms with Crippen molar-refractivity contribution in [3.63, 3.8) is 0 Å². The first-order valence-electron chi connectivity index (χ1n) is 4.64. The van der Waals surface area contributed by atoms with Gasteiger partial charge >= 0.3 is 6.18 Å². The maximum atomic E-state index is 12.2. The average molecular weight is 287 g/mol. The molecular formula is C9H14BrF3N2. The minimum absolute atomic E-state index is 0.119. The highest BCUT2D eigenvalue weighted by Crippen LogP contribution is 2.27. The van der Waals surface area contributed by atoms with Crippen LogP contribution in [0.25, 0.3) is 0 Å². The van der Waals surface area contributed by atoms with Crippen molar-refractivity contribution in [2.75, 3.05) is 19.6 Å². The van der Waals surface area contributed by atoms with E-state index in [0.717, 1.165) is 0 Å². The zero-order valence-electron chi connectivity index (χ0n) is 8.68. The summed E-state index contributed by atoms with van der Waals surface area (Å²) in [7, 11) is 0. The molecule has 0 bridgehead atoms. The Morgan fingerprint density at radius 3 is 2.27 bits per heavy atom. The van der Waals surface area contributed by atoms with Gasteiger partial charge in [0.05, 0.1) is 12.0 Å². The molecule has 2 nitrogen and oxygen atoms in total. The van der Waals surface area contributed by atoms with Crippen molar-refractivity contribution in [2.24, 2.45) is 5.92 Å².